The molecule has 1 N–H and O–H groups in total. The van der Waals surface area contributed by atoms with Crippen molar-refractivity contribution in [1.82, 2.24) is 0 Å². The highest BCUT2D eigenvalue weighted by atomic mass is 31.2. The molecule has 0 aliphatic heterocycles. The Morgan fingerprint density at radius 2 is 2.00 bits per heavy atom. The van der Waals surface area contributed by atoms with Crippen molar-refractivity contribution in [2.24, 2.45) is 5.41 Å². The molecule has 0 aromatic carbocycles. The lowest BCUT2D eigenvalue weighted by Gasteiger charge is -2.27. The van der Waals surface area contributed by atoms with Crippen LogP contribution in [0.5, 0.6) is 0 Å². The molecule has 5 nitrogen and oxygen atoms in total. The minimum atomic E-state index is -2.62. The van der Waals surface area contributed by atoms with Crippen LogP contribution in [0.25, 0.3) is 0 Å². The maximum absolute atomic E-state index is 11.8. The summed E-state index contributed by atoms with van der Waals surface area (Å²) in [5, 5.41) is 9.32. The second-order valence-electron chi connectivity index (χ2n) is 4.93. The number of esters is 1. The Hall–Kier alpha value is -0.640. The fourth-order valence-corrected chi connectivity index (χ4v) is 1.65. The summed E-state index contributed by atoms with van der Waals surface area (Å²) in [5.41, 5.74) is -0.461. The normalized spacial score (nSPS) is 17.6. The van der Waals surface area contributed by atoms with Gasteiger partial charge in [-0.1, -0.05) is 20.4 Å². The molecule has 0 aliphatic rings. The second kappa shape index (κ2) is 7.07. The largest absolute Gasteiger partial charge is 0.462 e. The molecule has 0 saturated heterocycles. The highest BCUT2D eigenvalue weighted by Gasteiger charge is 2.29. The van der Waals surface area contributed by atoms with Gasteiger partial charge in [0.1, 0.15) is 6.61 Å². The Bertz CT molecular complexity index is 352. The van der Waals surface area contributed by atoms with Crippen LogP contribution in [-0.2, 0) is 18.6 Å². The average molecular weight is 278 g/mol. The SMILES string of the molecule is C=C(C)C(=O)OCC(C)(CO)COP(C)(=O)CC. The zero-order valence-corrected chi connectivity index (χ0v) is 12.5. The van der Waals surface area contributed by atoms with Gasteiger partial charge in [0.15, 0.2) is 7.37 Å². The molecule has 106 valence electrons. The molecule has 0 fully saturated rings. The summed E-state index contributed by atoms with van der Waals surface area (Å²) < 4.78 is 22.1. The number of aliphatic hydroxyl groups is 1. The van der Waals surface area contributed by atoms with Gasteiger partial charge < -0.3 is 14.4 Å². The van der Waals surface area contributed by atoms with Crippen molar-refractivity contribution in [3.05, 3.63) is 12.2 Å². The van der Waals surface area contributed by atoms with E-state index in [9.17, 15) is 14.5 Å². The number of hydrogen-bond donors (Lipinski definition) is 1. The predicted octanol–water partition coefficient (Wildman–Crippen LogP) is 2.05. The average Bonchev–Trinajstić information content (AvgIpc) is 2.33. The second-order valence-corrected chi connectivity index (χ2v) is 7.85. The molecule has 0 aromatic heterocycles. The molecule has 0 heterocycles. The van der Waals surface area contributed by atoms with Crippen molar-refractivity contribution in [2.45, 2.75) is 20.8 Å². The third-order valence-electron chi connectivity index (χ3n) is 2.54. The van der Waals surface area contributed by atoms with Crippen LogP contribution < -0.4 is 0 Å². The number of carbonyl (C=O) groups is 1. The van der Waals surface area contributed by atoms with Crippen LogP contribution in [0.1, 0.15) is 20.8 Å². The van der Waals surface area contributed by atoms with E-state index in [0.717, 1.165) is 0 Å². The van der Waals surface area contributed by atoms with E-state index >= 15 is 0 Å². The first-order chi connectivity index (χ1) is 8.16. The lowest BCUT2D eigenvalue weighted by molar-refractivity contribution is -0.143. The molecular formula is C12H23O5P. The summed E-state index contributed by atoms with van der Waals surface area (Å²) in [7, 11) is -2.62. The lowest BCUT2D eigenvalue weighted by Crippen LogP contribution is -2.33. The summed E-state index contributed by atoms with van der Waals surface area (Å²) in [5.74, 6) is -0.509. The fraction of sp³-hybridized carbons (Fsp3) is 0.750. The van der Waals surface area contributed by atoms with Gasteiger partial charge in [0.25, 0.3) is 0 Å². The van der Waals surface area contributed by atoms with Crippen molar-refractivity contribution in [2.75, 3.05) is 32.6 Å². The first-order valence-corrected chi connectivity index (χ1v) is 8.06. The van der Waals surface area contributed by atoms with E-state index in [0.29, 0.717) is 11.7 Å². The maximum atomic E-state index is 11.8. The van der Waals surface area contributed by atoms with Crippen LogP contribution in [0, 0.1) is 5.41 Å². The highest BCUT2D eigenvalue weighted by Crippen LogP contribution is 2.43. The van der Waals surface area contributed by atoms with Gasteiger partial charge in [-0.2, -0.15) is 0 Å². The first kappa shape index (κ1) is 17.4. The van der Waals surface area contributed by atoms with Gasteiger partial charge in [-0.05, 0) is 6.92 Å². The molecule has 18 heavy (non-hydrogen) atoms. The Kier molecular flexibility index (Phi) is 6.82. The zero-order valence-electron chi connectivity index (χ0n) is 11.6. The number of ether oxygens (including phenoxy) is 1. The number of hydrogen-bond acceptors (Lipinski definition) is 5. The number of rotatable bonds is 8. The summed E-state index contributed by atoms with van der Waals surface area (Å²) in [6.07, 6.45) is 0.431. The zero-order chi connectivity index (χ0) is 14.4. The quantitative estimate of drug-likeness (QED) is 0.418. The van der Waals surface area contributed by atoms with Gasteiger partial charge in [-0.3, -0.25) is 4.57 Å². The van der Waals surface area contributed by atoms with E-state index in [-0.39, 0.29) is 19.8 Å². The number of carbonyl (C=O) groups excluding carboxylic acids is 1. The third-order valence-corrected chi connectivity index (χ3v) is 4.37. The molecule has 6 heteroatoms. The van der Waals surface area contributed by atoms with Crippen LogP contribution in [0.15, 0.2) is 12.2 Å². The first-order valence-electron chi connectivity index (χ1n) is 5.80. The monoisotopic (exact) mass is 278 g/mol. The van der Waals surface area contributed by atoms with Gasteiger partial charge in [-0.15, -0.1) is 0 Å². The number of aliphatic hydroxyl groups excluding tert-OH is 1. The van der Waals surface area contributed by atoms with E-state index in [1.54, 1.807) is 27.4 Å². The van der Waals surface area contributed by atoms with Crippen LogP contribution in [-0.4, -0.2) is 43.7 Å². The highest BCUT2D eigenvalue weighted by molar-refractivity contribution is 7.58. The van der Waals surface area contributed by atoms with Gasteiger partial charge >= 0.3 is 5.97 Å². The lowest BCUT2D eigenvalue weighted by atomic mass is 9.94. The minimum absolute atomic E-state index is 0.00108. The van der Waals surface area contributed by atoms with E-state index in [2.05, 4.69) is 6.58 Å². The van der Waals surface area contributed by atoms with E-state index in [1.807, 2.05) is 0 Å². The minimum Gasteiger partial charge on any atom is -0.462 e. The fourth-order valence-electron chi connectivity index (χ4n) is 0.880. The Labute approximate surface area is 109 Å². The van der Waals surface area contributed by atoms with Gasteiger partial charge in [0, 0.05) is 23.8 Å². The van der Waals surface area contributed by atoms with E-state index in [1.165, 1.54) is 0 Å². The summed E-state index contributed by atoms with van der Waals surface area (Å²) in [6.45, 7) is 9.90. The smallest absolute Gasteiger partial charge is 0.333 e. The molecule has 0 bridgehead atoms. The topological polar surface area (TPSA) is 72.8 Å². The van der Waals surface area contributed by atoms with Gasteiger partial charge in [0.2, 0.25) is 0 Å². The molecule has 0 spiro atoms. The van der Waals surface area contributed by atoms with Crippen LogP contribution >= 0.6 is 7.37 Å². The molecule has 0 aromatic rings. The molecule has 0 aliphatic carbocycles. The van der Waals surface area contributed by atoms with Crippen molar-refractivity contribution >= 4 is 13.3 Å². The van der Waals surface area contributed by atoms with Crippen LogP contribution in [0.4, 0.5) is 0 Å². The molecule has 2 atom stereocenters. The predicted molar refractivity (Wildman–Crippen MR) is 71.0 cm³/mol. The van der Waals surface area contributed by atoms with Gasteiger partial charge in [-0.25, -0.2) is 4.79 Å². The molecule has 0 amide bonds. The molecule has 2 unspecified atom stereocenters. The third kappa shape index (κ3) is 6.34. The van der Waals surface area contributed by atoms with Crippen LogP contribution in [0.2, 0.25) is 0 Å². The maximum Gasteiger partial charge on any atom is 0.333 e. The van der Waals surface area contributed by atoms with E-state index < -0.39 is 18.8 Å². The standard InChI is InChI=1S/C12H23O5P/c1-6-18(5,15)17-9-12(4,7-13)8-16-11(14)10(2)3/h13H,2,6-9H2,1,3-5H3. The molecule has 0 saturated carbocycles. The summed E-state index contributed by atoms with van der Waals surface area (Å²) in [6, 6.07) is 0. The van der Waals surface area contributed by atoms with E-state index in [4.69, 9.17) is 9.26 Å². The Morgan fingerprint density at radius 1 is 1.44 bits per heavy atom. The Morgan fingerprint density at radius 3 is 2.39 bits per heavy atom. The van der Waals surface area contributed by atoms with Crippen molar-refractivity contribution in [3.63, 3.8) is 0 Å². The summed E-state index contributed by atoms with van der Waals surface area (Å²) >= 11 is 0. The summed E-state index contributed by atoms with van der Waals surface area (Å²) in [4.78, 5) is 11.3. The van der Waals surface area contributed by atoms with Crippen molar-refractivity contribution < 1.29 is 23.7 Å². The molecule has 0 radical (unpaired) electrons. The Balaban J connectivity index is 4.39. The van der Waals surface area contributed by atoms with Crippen molar-refractivity contribution in [1.29, 1.82) is 0 Å². The van der Waals surface area contributed by atoms with Crippen LogP contribution in [0.3, 0.4) is 0 Å². The molecular weight excluding hydrogens is 255 g/mol. The van der Waals surface area contributed by atoms with Crippen molar-refractivity contribution in [3.8, 4) is 0 Å². The molecule has 0 rings (SSSR count). The van der Waals surface area contributed by atoms with Gasteiger partial charge in [0.05, 0.1) is 13.2 Å².